The molecule has 4 amide bonds. The van der Waals surface area contributed by atoms with E-state index in [1.165, 1.54) is 11.8 Å². The number of ether oxygens (including phenoxy) is 1. The van der Waals surface area contributed by atoms with Crippen LogP contribution in [-0.2, 0) is 19.1 Å². The average molecular weight is 405 g/mol. The summed E-state index contributed by atoms with van der Waals surface area (Å²) in [6, 6.07) is 8.71. The van der Waals surface area contributed by atoms with Gasteiger partial charge in [-0.3, -0.25) is 19.8 Å². The van der Waals surface area contributed by atoms with Gasteiger partial charge < -0.3 is 10.1 Å². The van der Waals surface area contributed by atoms with Gasteiger partial charge in [0, 0.05) is 4.90 Å². The summed E-state index contributed by atoms with van der Waals surface area (Å²) in [5.41, 5.74) is 1.33. The van der Waals surface area contributed by atoms with E-state index in [9.17, 15) is 19.2 Å². The Morgan fingerprint density at radius 3 is 2.57 bits per heavy atom. The largest absolute Gasteiger partial charge is 0.455 e. The van der Waals surface area contributed by atoms with Crippen LogP contribution in [0.2, 0.25) is 0 Å². The minimum atomic E-state index is -0.917. The fourth-order valence-corrected chi connectivity index (χ4v) is 4.27. The Bertz CT molecular complexity index is 764. The first-order valence-electron chi connectivity index (χ1n) is 9.26. The molecule has 1 aromatic rings. The van der Waals surface area contributed by atoms with E-state index in [1.807, 2.05) is 30.3 Å². The number of urea groups is 1. The summed E-state index contributed by atoms with van der Waals surface area (Å²) in [4.78, 5) is 49.8. The summed E-state index contributed by atoms with van der Waals surface area (Å²) in [7, 11) is 0. The van der Waals surface area contributed by atoms with E-state index in [2.05, 4.69) is 10.7 Å². The maximum Gasteiger partial charge on any atom is 0.344 e. The minimum absolute atomic E-state index is 0.454. The maximum atomic E-state index is 12.6. The Hall–Kier alpha value is -2.55. The fraction of sp³-hybridized carbons (Fsp3) is 0.474. The highest BCUT2D eigenvalue weighted by Crippen LogP contribution is 2.33. The number of nitrogens with one attached hydrogen (secondary N) is 2. The third-order valence-corrected chi connectivity index (χ3v) is 5.93. The topological polar surface area (TPSA) is 105 Å². The molecule has 150 valence electrons. The number of benzene rings is 1. The zero-order chi connectivity index (χ0) is 20.1. The van der Waals surface area contributed by atoms with Crippen molar-refractivity contribution < 1.29 is 23.9 Å². The van der Waals surface area contributed by atoms with Crippen molar-refractivity contribution in [2.45, 2.75) is 54.7 Å². The predicted octanol–water partition coefficient (Wildman–Crippen LogP) is 2.00. The van der Waals surface area contributed by atoms with Gasteiger partial charge in [-0.05, 0) is 31.9 Å². The zero-order valence-electron chi connectivity index (χ0n) is 15.6. The van der Waals surface area contributed by atoms with Crippen molar-refractivity contribution in [2.75, 3.05) is 6.61 Å². The molecule has 1 saturated heterocycles. The Morgan fingerprint density at radius 2 is 1.89 bits per heavy atom. The molecule has 1 aliphatic carbocycles. The second kappa shape index (κ2) is 8.64. The molecule has 2 aliphatic rings. The monoisotopic (exact) mass is 405 g/mol. The molecule has 0 aromatic heterocycles. The lowest BCUT2D eigenvalue weighted by atomic mass is 9.82. The van der Waals surface area contributed by atoms with Crippen molar-refractivity contribution in [1.29, 1.82) is 0 Å². The lowest BCUT2D eigenvalue weighted by Gasteiger charge is -2.30. The molecule has 1 spiro atoms. The number of amides is 4. The Balaban J connectivity index is 1.48. The van der Waals surface area contributed by atoms with Gasteiger partial charge in [0.2, 0.25) is 0 Å². The molecular weight excluding hydrogens is 382 g/mol. The first-order valence-corrected chi connectivity index (χ1v) is 10.1. The van der Waals surface area contributed by atoms with Gasteiger partial charge in [0.05, 0.1) is 0 Å². The molecule has 0 bridgehead atoms. The summed E-state index contributed by atoms with van der Waals surface area (Å²) in [6.45, 7) is 1.12. The minimum Gasteiger partial charge on any atom is -0.455 e. The molecule has 28 heavy (non-hydrogen) atoms. The van der Waals surface area contributed by atoms with Crippen molar-refractivity contribution in [2.24, 2.45) is 0 Å². The smallest absolute Gasteiger partial charge is 0.344 e. The lowest BCUT2D eigenvalue weighted by molar-refractivity contribution is -0.150. The number of hydrazine groups is 1. The number of esters is 1. The quantitative estimate of drug-likeness (QED) is 0.426. The number of carbonyl (C=O) groups is 4. The molecule has 1 heterocycles. The number of imide groups is 1. The highest BCUT2D eigenvalue weighted by molar-refractivity contribution is 8.00. The van der Waals surface area contributed by atoms with E-state index in [-0.39, 0.29) is 0 Å². The van der Waals surface area contributed by atoms with Crippen molar-refractivity contribution in [3.05, 3.63) is 30.3 Å². The van der Waals surface area contributed by atoms with Crippen LogP contribution in [0, 0.1) is 0 Å². The molecule has 2 N–H and O–H groups in total. The molecule has 2 fully saturated rings. The van der Waals surface area contributed by atoms with Crippen LogP contribution in [0.25, 0.3) is 0 Å². The Kier molecular flexibility index (Phi) is 6.23. The number of hydrogen-bond acceptors (Lipinski definition) is 6. The third-order valence-electron chi connectivity index (χ3n) is 4.84. The number of carbonyl (C=O) groups excluding carboxylic acids is 4. The van der Waals surface area contributed by atoms with Crippen LogP contribution >= 0.6 is 11.8 Å². The first kappa shape index (κ1) is 20.2. The second-order valence-corrected chi connectivity index (χ2v) is 8.34. The van der Waals surface area contributed by atoms with Crippen LogP contribution in [0.1, 0.15) is 39.0 Å². The highest BCUT2D eigenvalue weighted by atomic mass is 32.2. The zero-order valence-corrected chi connectivity index (χ0v) is 16.4. The number of rotatable bonds is 6. The van der Waals surface area contributed by atoms with Crippen molar-refractivity contribution in [3.8, 4) is 0 Å². The second-order valence-electron chi connectivity index (χ2n) is 6.93. The van der Waals surface area contributed by atoms with Gasteiger partial charge in [-0.1, -0.05) is 37.5 Å². The lowest BCUT2D eigenvalue weighted by Crippen LogP contribution is -2.51. The van der Waals surface area contributed by atoms with Crippen molar-refractivity contribution in [1.82, 2.24) is 15.8 Å². The van der Waals surface area contributed by atoms with Crippen LogP contribution in [0.5, 0.6) is 0 Å². The summed E-state index contributed by atoms with van der Waals surface area (Å²) in [5.74, 6) is -1.74. The molecule has 3 rings (SSSR count). The fourth-order valence-electron chi connectivity index (χ4n) is 3.38. The van der Waals surface area contributed by atoms with E-state index < -0.39 is 41.2 Å². The van der Waals surface area contributed by atoms with E-state index in [1.54, 1.807) is 6.92 Å². The standard InChI is InChI=1S/C19H23N3O5S/c1-13(28-14-8-4-2-5-9-14)16(24)27-12-15(23)21-22-17(25)19(20-18(22)26)10-6-3-7-11-19/h2,4-5,8-9,13H,3,6-7,10-12H2,1H3,(H,20,26)(H,21,23)/t13-/m1/s1. The molecule has 1 aliphatic heterocycles. The normalized spacial score (nSPS) is 19.2. The molecule has 0 radical (unpaired) electrons. The van der Waals surface area contributed by atoms with Gasteiger partial charge in [0.15, 0.2) is 6.61 Å². The molecule has 0 unspecified atom stereocenters. The van der Waals surface area contributed by atoms with E-state index >= 15 is 0 Å². The van der Waals surface area contributed by atoms with Crippen molar-refractivity contribution >= 4 is 35.6 Å². The summed E-state index contributed by atoms with van der Waals surface area (Å²) in [6.07, 6.45) is 3.84. The van der Waals surface area contributed by atoms with Gasteiger partial charge >= 0.3 is 12.0 Å². The Labute approximate surface area is 167 Å². The SMILES string of the molecule is C[C@@H](Sc1ccccc1)C(=O)OCC(=O)NN1C(=O)NC2(CCCCC2)C1=O. The first-order chi connectivity index (χ1) is 13.4. The van der Waals surface area contributed by atoms with E-state index in [4.69, 9.17) is 4.74 Å². The van der Waals surface area contributed by atoms with Crippen LogP contribution in [-0.4, -0.2) is 46.2 Å². The van der Waals surface area contributed by atoms with Gasteiger partial charge in [-0.2, -0.15) is 5.01 Å². The number of nitrogens with zero attached hydrogens (tertiary/aromatic N) is 1. The molecule has 9 heteroatoms. The molecule has 1 atom stereocenters. The van der Waals surface area contributed by atoms with Crippen LogP contribution in [0.15, 0.2) is 35.2 Å². The van der Waals surface area contributed by atoms with Gasteiger partial charge in [-0.25, -0.2) is 4.79 Å². The third kappa shape index (κ3) is 4.46. The molecular formula is C19H23N3O5S. The average Bonchev–Trinajstić information content (AvgIpc) is 2.91. The van der Waals surface area contributed by atoms with Gasteiger partial charge in [0.1, 0.15) is 10.8 Å². The van der Waals surface area contributed by atoms with Gasteiger partial charge in [-0.15, -0.1) is 11.8 Å². The predicted molar refractivity (Wildman–Crippen MR) is 102 cm³/mol. The van der Waals surface area contributed by atoms with E-state index in [0.717, 1.165) is 24.2 Å². The maximum absolute atomic E-state index is 12.6. The summed E-state index contributed by atoms with van der Waals surface area (Å²) < 4.78 is 5.01. The summed E-state index contributed by atoms with van der Waals surface area (Å²) >= 11 is 1.32. The van der Waals surface area contributed by atoms with Crippen LogP contribution in [0.3, 0.4) is 0 Å². The molecule has 1 saturated carbocycles. The highest BCUT2D eigenvalue weighted by Gasteiger charge is 2.52. The van der Waals surface area contributed by atoms with E-state index in [0.29, 0.717) is 17.9 Å². The van der Waals surface area contributed by atoms with Gasteiger partial charge in [0.25, 0.3) is 11.8 Å². The number of hydrogen-bond donors (Lipinski definition) is 2. The van der Waals surface area contributed by atoms with Crippen LogP contribution < -0.4 is 10.7 Å². The molecule has 1 aromatic carbocycles. The Morgan fingerprint density at radius 1 is 1.21 bits per heavy atom. The summed E-state index contributed by atoms with van der Waals surface area (Å²) in [5, 5.41) is 2.89. The van der Waals surface area contributed by atoms with Crippen LogP contribution in [0.4, 0.5) is 4.79 Å². The van der Waals surface area contributed by atoms with Crippen molar-refractivity contribution in [3.63, 3.8) is 0 Å². The molecule has 8 nitrogen and oxygen atoms in total. The number of thioether (sulfide) groups is 1.